The van der Waals surface area contributed by atoms with E-state index in [-0.39, 0.29) is 0 Å². The minimum atomic E-state index is 0.480. The topological polar surface area (TPSA) is 17.8 Å². The molecule has 1 aliphatic carbocycles. The molecule has 1 aromatic carbocycles. The van der Waals surface area contributed by atoms with Gasteiger partial charge in [0.25, 0.3) is 0 Å². The summed E-state index contributed by atoms with van der Waals surface area (Å²) in [6.45, 7) is 3.43. The van der Waals surface area contributed by atoms with Crippen LogP contribution in [0, 0.1) is 11.8 Å². The SMILES string of the molecule is CC1CCCC(CCn2c(CCl)nc3cc(Br)ccc32)C1. The van der Waals surface area contributed by atoms with Gasteiger partial charge in [0.15, 0.2) is 0 Å². The van der Waals surface area contributed by atoms with Crippen LogP contribution in [-0.2, 0) is 12.4 Å². The molecule has 2 aromatic rings. The Kier molecular flexibility index (Phi) is 4.90. The zero-order chi connectivity index (χ0) is 14.8. The number of aromatic nitrogens is 2. The van der Waals surface area contributed by atoms with Gasteiger partial charge >= 0.3 is 0 Å². The molecule has 21 heavy (non-hydrogen) atoms. The van der Waals surface area contributed by atoms with E-state index in [1.807, 2.05) is 0 Å². The first-order valence-corrected chi connectivity index (χ1v) is 9.20. The third-order valence-corrected chi connectivity index (χ3v) is 5.45. The number of halogens is 2. The Bertz CT molecular complexity index is 623. The fraction of sp³-hybridized carbons (Fsp3) is 0.588. The zero-order valence-electron chi connectivity index (χ0n) is 12.5. The van der Waals surface area contributed by atoms with Gasteiger partial charge in [-0.15, -0.1) is 11.6 Å². The lowest BCUT2D eigenvalue weighted by Gasteiger charge is -2.27. The van der Waals surface area contributed by atoms with Gasteiger partial charge in [0, 0.05) is 11.0 Å². The summed E-state index contributed by atoms with van der Waals surface area (Å²) >= 11 is 9.61. The number of hydrogen-bond acceptors (Lipinski definition) is 1. The summed E-state index contributed by atoms with van der Waals surface area (Å²) in [6.07, 6.45) is 6.82. The van der Waals surface area contributed by atoms with E-state index in [4.69, 9.17) is 11.6 Å². The third-order valence-electron chi connectivity index (χ3n) is 4.71. The summed E-state index contributed by atoms with van der Waals surface area (Å²) < 4.78 is 3.38. The fourth-order valence-electron chi connectivity index (χ4n) is 3.64. The van der Waals surface area contributed by atoms with E-state index in [2.05, 4.69) is 50.6 Å². The Morgan fingerprint density at radius 1 is 1.38 bits per heavy atom. The van der Waals surface area contributed by atoms with Crippen LogP contribution in [0.5, 0.6) is 0 Å². The Morgan fingerprint density at radius 2 is 2.24 bits per heavy atom. The number of nitrogens with zero attached hydrogens (tertiary/aromatic N) is 2. The summed E-state index contributed by atoms with van der Waals surface area (Å²) in [7, 11) is 0. The standard InChI is InChI=1S/C17H22BrClN2/c1-12-3-2-4-13(9-12)7-8-21-16-6-5-14(18)10-15(16)20-17(21)11-19/h5-6,10,12-13H,2-4,7-9,11H2,1H3. The normalized spacial score (nSPS) is 22.8. The van der Waals surface area contributed by atoms with Crippen LogP contribution in [0.1, 0.15) is 44.9 Å². The van der Waals surface area contributed by atoms with Crippen LogP contribution in [0.2, 0.25) is 0 Å². The van der Waals surface area contributed by atoms with Gasteiger partial charge in [-0.1, -0.05) is 42.1 Å². The quantitative estimate of drug-likeness (QED) is 0.627. The van der Waals surface area contributed by atoms with Crippen molar-refractivity contribution in [1.29, 1.82) is 0 Å². The first-order valence-electron chi connectivity index (χ1n) is 7.88. The van der Waals surface area contributed by atoms with Crippen molar-refractivity contribution in [1.82, 2.24) is 9.55 Å². The molecule has 0 amide bonds. The van der Waals surface area contributed by atoms with Crippen molar-refractivity contribution < 1.29 is 0 Å². The first kappa shape index (κ1) is 15.4. The number of rotatable bonds is 4. The minimum Gasteiger partial charge on any atom is -0.327 e. The zero-order valence-corrected chi connectivity index (χ0v) is 14.8. The molecule has 0 radical (unpaired) electrons. The number of imidazole rings is 1. The van der Waals surface area contributed by atoms with Crippen molar-refractivity contribution in [2.75, 3.05) is 0 Å². The van der Waals surface area contributed by atoms with E-state index in [9.17, 15) is 0 Å². The number of alkyl halides is 1. The summed E-state index contributed by atoms with van der Waals surface area (Å²) in [6, 6.07) is 6.30. The Labute approximate surface area is 140 Å². The van der Waals surface area contributed by atoms with Crippen molar-refractivity contribution in [3.63, 3.8) is 0 Å². The average Bonchev–Trinajstić information content (AvgIpc) is 2.82. The van der Waals surface area contributed by atoms with Gasteiger partial charge in [-0.25, -0.2) is 4.98 Å². The molecule has 2 atom stereocenters. The van der Waals surface area contributed by atoms with Gasteiger partial charge in [0.1, 0.15) is 5.82 Å². The van der Waals surface area contributed by atoms with E-state index in [1.165, 1.54) is 37.6 Å². The van der Waals surface area contributed by atoms with Gasteiger partial charge in [0.05, 0.1) is 16.9 Å². The largest absolute Gasteiger partial charge is 0.327 e. The molecule has 2 nitrogen and oxygen atoms in total. The predicted octanol–water partition coefficient (Wildman–Crippen LogP) is 5.75. The molecule has 0 bridgehead atoms. The molecule has 1 fully saturated rings. The van der Waals surface area contributed by atoms with Crippen molar-refractivity contribution in [2.24, 2.45) is 11.8 Å². The lowest BCUT2D eigenvalue weighted by atomic mass is 9.81. The maximum Gasteiger partial charge on any atom is 0.124 e. The molecule has 0 N–H and O–H groups in total. The highest BCUT2D eigenvalue weighted by Crippen LogP contribution is 2.32. The van der Waals surface area contributed by atoms with Crippen LogP contribution in [0.25, 0.3) is 11.0 Å². The van der Waals surface area contributed by atoms with Gasteiger partial charge in [-0.2, -0.15) is 0 Å². The lowest BCUT2D eigenvalue weighted by Crippen LogP contribution is -2.16. The van der Waals surface area contributed by atoms with Crippen LogP contribution in [0.4, 0.5) is 0 Å². The highest BCUT2D eigenvalue weighted by molar-refractivity contribution is 9.10. The molecule has 0 saturated heterocycles. The van der Waals surface area contributed by atoms with Crippen LogP contribution in [-0.4, -0.2) is 9.55 Å². The summed E-state index contributed by atoms with van der Waals surface area (Å²) in [4.78, 5) is 4.67. The maximum atomic E-state index is 6.09. The van der Waals surface area contributed by atoms with Crippen LogP contribution in [0.15, 0.2) is 22.7 Å². The summed E-state index contributed by atoms with van der Waals surface area (Å²) in [5, 5.41) is 0. The van der Waals surface area contributed by atoms with Gasteiger partial charge in [-0.05, 0) is 42.9 Å². The van der Waals surface area contributed by atoms with E-state index in [0.29, 0.717) is 5.88 Å². The summed E-state index contributed by atoms with van der Waals surface area (Å²) in [5.74, 6) is 3.23. The van der Waals surface area contributed by atoms with Crippen LogP contribution < -0.4 is 0 Å². The van der Waals surface area contributed by atoms with E-state index >= 15 is 0 Å². The van der Waals surface area contributed by atoms with Crippen LogP contribution >= 0.6 is 27.5 Å². The Hall–Kier alpha value is -0.540. The Balaban J connectivity index is 1.79. The molecule has 114 valence electrons. The molecule has 1 aromatic heterocycles. The monoisotopic (exact) mass is 368 g/mol. The lowest BCUT2D eigenvalue weighted by molar-refractivity contribution is 0.261. The Morgan fingerprint density at radius 3 is 3.00 bits per heavy atom. The highest BCUT2D eigenvalue weighted by Gasteiger charge is 2.19. The van der Waals surface area contributed by atoms with Gasteiger partial charge in [0.2, 0.25) is 0 Å². The molecular weight excluding hydrogens is 348 g/mol. The van der Waals surface area contributed by atoms with Gasteiger partial charge in [-0.3, -0.25) is 0 Å². The molecule has 0 spiro atoms. The number of benzene rings is 1. The average molecular weight is 370 g/mol. The number of aryl methyl sites for hydroxylation is 1. The second-order valence-electron chi connectivity index (χ2n) is 6.37. The van der Waals surface area contributed by atoms with Crippen molar-refractivity contribution in [3.8, 4) is 0 Å². The molecule has 1 aliphatic rings. The first-order chi connectivity index (χ1) is 10.2. The van der Waals surface area contributed by atoms with E-state index in [0.717, 1.165) is 34.2 Å². The van der Waals surface area contributed by atoms with Crippen LogP contribution in [0.3, 0.4) is 0 Å². The fourth-order valence-corrected chi connectivity index (χ4v) is 4.19. The molecule has 1 heterocycles. The summed E-state index contributed by atoms with van der Waals surface area (Å²) in [5.41, 5.74) is 2.25. The number of fused-ring (bicyclic) bond motifs is 1. The second-order valence-corrected chi connectivity index (χ2v) is 7.56. The predicted molar refractivity (Wildman–Crippen MR) is 92.7 cm³/mol. The smallest absolute Gasteiger partial charge is 0.124 e. The minimum absolute atomic E-state index is 0.480. The van der Waals surface area contributed by atoms with E-state index in [1.54, 1.807) is 0 Å². The number of hydrogen-bond donors (Lipinski definition) is 0. The van der Waals surface area contributed by atoms with Crippen molar-refractivity contribution >= 4 is 38.6 Å². The van der Waals surface area contributed by atoms with Gasteiger partial charge < -0.3 is 4.57 Å². The molecular formula is C17H22BrClN2. The molecule has 4 heteroatoms. The second kappa shape index (κ2) is 6.70. The van der Waals surface area contributed by atoms with Crippen molar-refractivity contribution in [3.05, 3.63) is 28.5 Å². The third kappa shape index (κ3) is 3.45. The maximum absolute atomic E-state index is 6.09. The van der Waals surface area contributed by atoms with Crippen molar-refractivity contribution in [2.45, 2.75) is 51.5 Å². The molecule has 1 saturated carbocycles. The molecule has 2 unspecified atom stereocenters. The van der Waals surface area contributed by atoms with E-state index < -0.39 is 0 Å². The molecule has 0 aliphatic heterocycles. The molecule has 3 rings (SSSR count). The highest BCUT2D eigenvalue weighted by atomic mass is 79.9.